The summed E-state index contributed by atoms with van der Waals surface area (Å²) in [7, 11) is 0. The van der Waals surface area contributed by atoms with E-state index in [1.165, 1.54) is 5.56 Å². The highest BCUT2D eigenvalue weighted by atomic mass is 16.5. The fourth-order valence-electron chi connectivity index (χ4n) is 1.81. The van der Waals surface area contributed by atoms with E-state index in [1.807, 2.05) is 18.3 Å². The van der Waals surface area contributed by atoms with E-state index < -0.39 is 0 Å². The Balaban J connectivity index is 1.86. The molecule has 2 aromatic rings. The van der Waals surface area contributed by atoms with Gasteiger partial charge in [0.2, 0.25) is 0 Å². The molecule has 19 heavy (non-hydrogen) atoms. The van der Waals surface area contributed by atoms with E-state index in [4.69, 9.17) is 10.5 Å². The van der Waals surface area contributed by atoms with Crippen LogP contribution in [0, 0.1) is 0 Å². The Kier molecular flexibility index (Phi) is 3.79. The summed E-state index contributed by atoms with van der Waals surface area (Å²) in [4.78, 5) is 0. The van der Waals surface area contributed by atoms with Crippen molar-refractivity contribution in [3.63, 3.8) is 0 Å². The quantitative estimate of drug-likeness (QED) is 0.918. The lowest BCUT2D eigenvalue weighted by Gasteiger charge is -2.19. The second-order valence-corrected chi connectivity index (χ2v) is 5.63. The molecule has 102 valence electrons. The fraction of sp³-hybridized carbons (Fsp3) is 0.400. The maximum Gasteiger partial charge on any atom is 0.145 e. The van der Waals surface area contributed by atoms with Crippen LogP contribution in [0.3, 0.4) is 0 Å². The number of nitrogens with two attached hydrogens (primary N) is 1. The molecule has 0 aliphatic heterocycles. The molecule has 0 atom stereocenters. The van der Waals surface area contributed by atoms with Crippen molar-refractivity contribution < 1.29 is 4.74 Å². The van der Waals surface area contributed by atoms with Crippen molar-refractivity contribution in [2.45, 2.75) is 32.7 Å². The first-order valence-electron chi connectivity index (χ1n) is 6.47. The van der Waals surface area contributed by atoms with E-state index in [-0.39, 0.29) is 5.41 Å². The van der Waals surface area contributed by atoms with Gasteiger partial charge in [0.15, 0.2) is 0 Å². The largest absolute Gasteiger partial charge is 0.492 e. The summed E-state index contributed by atoms with van der Waals surface area (Å²) in [5, 5.41) is 4.10. The zero-order valence-corrected chi connectivity index (χ0v) is 11.8. The Bertz CT molecular complexity index is 523. The molecular formula is C15H21N3O. The fourth-order valence-corrected chi connectivity index (χ4v) is 1.81. The molecule has 2 N–H and O–H groups in total. The van der Waals surface area contributed by atoms with Crippen molar-refractivity contribution in [1.29, 1.82) is 0 Å². The van der Waals surface area contributed by atoms with E-state index in [0.717, 1.165) is 5.75 Å². The molecule has 0 bridgehead atoms. The zero-order valence-electron chi connectivity index (χ0n) is 11.8. The number of nitrogens with zero attached hydrogens (tertiary/aromatic N) is 2. The lowest BCUT2D eigenvalue weighted by atomic mass is 9.87. The Hall–Kier alpha value is -1.97. The van der Waals surface area contributed by atoms with Crippen LogP contribution in [-0.2, 0) is 12.0 Å². The van der Waals surface area contributed by atoms with Crippen LogP contribution in [0.4, 0.5) is 5.82 Å². The summed E-state index contributed by atoms with van der Waals surface area (Å²) in [5.74, 6) is 1.42. The molecule has 0 amide bonds. The van der Waals surface area contributed by atoms with Gasteiger partial charge in [0.25, 0.3) is 0 Å². The number of hydrogen-bond donors (Lipinski definition) is 1. The molecule has 0 spiro atoms. The van der Waals surface area contributed by atoms with Gasteiger partial charge in [0, 0.05) is 6.20 Å². The van der Waals surface area contributed by atoms with Crippen molar-refractivity contribution in [1.82, 2.24) is 9.78 Å². The van der Waals surface area contributed by atoms with Gasteiger partial charge in [-0.3, -0.25) is 4.68 Å². The smallest absolute Gasteiger partial charge is 0.145 e. The minimum atomic E-state index is 0.172. The molecule has 2 rings (SSSR count). The number of nitrogen functional groups attached to an aromatic ring is 1. The lowest BCUT2D eigenvalue weighted by molar-refractivity contribution is 0.291. The Morgan fingerprint density at radius 1 is 1.16 bits per heavy atom. The molecule has 4 heteroatoms. The summed E-state index contributed by atoms with van der Waals surface area (Å²) in [6.45, 7) is 7.87. The molecule has 0 aliphatic rings. The zero-order chi connectivity index (χ0) is 13.9. The predicted molar refractivity (Wildman–Crippen MR) is 77.3 cm³/mol. The molecular weight excluding hydrogens is 238 g/mol. The minimum Gasteiger partial charge on any atom is -0.492 e. The first-order chi connectivity index (χ1) is 8.95. The molecule has 1 aromatic heterocycles. The van der Waals surface area contributed by atoms with Crippen LogP contribution in [0.15, 0.2) is 36.5 Å². The van der Waals surface area contributed by atoms with Crippen LogP contribution in [0.25, 0.3) is 0 Å². The van der Waals surface area contributed by atoms with Gasteiger partial charge >= 0.3 is 0 Å². The van der Waals surface area contributed by atoms with Crippen molar-refractivity contribution in [3.05, 3.63) is 42.1 Å². The summed E-state index contributed by atoms with van der Waals surface area (Å²) in [6.07, 6.45) is 1.85. The van der Waals surface area contributed by atoms with E-state index in [1.54, 1.807) is 10.7 Å². The molecule has 0 saturated carbocycles. The maximum absolute atomic E-state index is 5.69. The number of hydrogen-bond acceptors (Lipinski definition) is 3. The molecule has 1 aromatic carbocycles. The first-order valence-corrected chi connectivity index (χ1v) is 6.47. The third-order valence-corrected chi connectivity index (χ3v) is 2.97. The van der Waals surface area contributed by atoms with Gasteiger partial charge in [-0.1, -0.05) is 32.9 Å². The molecule has 1 heterocycles. The Labute approximate surface area is 114 Å². The number of aromatic nitrogens is 2. The first kappa shape index (κ1) is 13.5. The van der Waals surface area contributed by atoms with Crippen molar-refractivity contribution >= 4 is 5.82 Å². The normalized spacial score (nSPS) is 11.5. The summed E-state index contributed by atoms with van der Waals surface area (Å²) < 4.78 is 7.46. The number of benzene rings is 1. The average Bonchev–Trinajstić information content (AvgIpc) is 2.75. The van der Waals surface area contributed by atoms with Crippen LogP contribution < -0.4 is 10.5 Å². The number of rotatable bonds is 4. The maximum atomic E-state index is 5.69. The molecule has 0 saturated heterocycles. The van der Waals surface area contributed by atoms with Gasteiger partial charge in [0.05, 0.1) is 6.54 Å². The number of anilines is 1. The van der Waals surface area contributed by atoms with E-state index >= 15 is 0 Å². The number of ether oxygens (including phenoxy) is 1. The molecule has 0 unspecified atom stereocenters. The van der Waals surface area contributed by atoms with Crippen molar-refractivity contribution in [2.75, 3.05) is 12.3 Å². The summed E-state index contributed by atoms with van der Waals surface area (Å²) in [5.41, 5.74) is 7.02. The van der Waals surface area contributed by atoms with Gasteiger partial charge in [-0.25, -0.2) is 0 Å². The summed E-state index contributed by atoms with van der Waals surface area (Å²) in [6, 6.07) is 10.0. The topological polar surface area (TPSA) is 53.1 Å². The van der Waals surface area contributed by atoms with Crippen LogP contribution in [0.2, 0.25) is 0 Å². The SMILES string of the molecule is CC(C)(C)c1ccc(OCCn2ccc(N)n2)cc1. The molecule has 0 radical (unpaired) electrons. The molecule has 4 nitrogen and oxygen atoms in total. The summed E-state index contributed by atoms with van der Waals surface area (Å²) >= 11 is 0. The van der Waals surface area contributed by atoms with E-state index in [0.29, 0.717) is 19.0 Å². The molecule has 0 aliphatic carbocycles. The highest BCUT2D eigenvalue weighted by Crippen LogP contribution is 2.24. The second-order valence-electron chi connectivity index (χ2n) is 5.63. The Morgan fingerprint density at radius 3 is 2.37 bits per heavy atom. The monoisotopic (exact) mass is 259 g/mol. The third kappa shape index (κ3) is 3.74. The average molecular weight is 259 g/mol. The van der Waals surface area contributed by atoms with E-state index in [9.17, 15) is 0 Å². The second kappa shape index (κ2) is 5.34. The van der Waals surface area contributed by atoms with Gasteiger partial charge in [-0.15, -0.1) is 0 Å². The van der Waals surface area contributed by atoms with Crippen LogP contribution in [-0.4, -0.2) is 16.4 Å². The van der Waals surface area contributed by atoms with Crippen molar-refractivity contribution in [2.24, 2.45) is 0 Å². The standard InChI is InChI=1S/C15H21N3O/c1-15(2,3)12-4-6-13(7-5-12)19-11-10-18-9-8-14(16)17-18/h4-9H,10-11H2,1-3H3,(H2,16,17). The Morgan fingerprint density at radius 2 is 1.84 bits per heavy atom. The minimum absolute atomic E-state index is 0.172. The lowest BCUT2D eigenvalue weighted by Crippen LogP contribution is -2.11. The van der Waals surface area contributed by atoms with Gasteiger partial charge in [-0.05, 0) is 29.2 Å². The van der Waals surface area contributed by atoms with Gasteiger partial charge in [-0.2, -0.15) is 5.10 Å². The van der Waals surface area contributed by atoms with Crippen molar-refractivity contribution in [3.8, 4) is 5.75 Å². The van der Waals surface area contributed by atoms with E-state index in [2.05, 4.69) is 38.0 Å². The van der Waals surface area contributed by atoms with Crippen LogP contribution >= 0.6 is 0 Å². The molecule has 0 fully saturated rings. The highest BCUT2D eigenvalue weighted by molar-refractivity contribution is 5.31. The van der Waals surface area contributed by atoms with Gasteiger partial charge < -0.3 is 10.5 Å². The van der Waals surface area contributed by atoms with Gasteiger partial charge in [0.1, 0.15) is 18.2 Å². The van der Waals surface area contributed by atoms with Crippen LogP contribution in [0.1, 0.15) is 26.3 Å². The third-order valence-electron chi connectivity index (χ3n) is 2.97. The highest BCUT2D eigenvalue weighted by Gasteiger charge is 2.12. The predicted octanol–water partition coefficient (Wildman–Crippen LogP) is 2.84. The van der Waals surface area contributed by atoms with Crippen LogP contribution in [0.5, 0.6) is 5.75 Å².